The first-order valence-corrected chi connectivity index (χ1v) is 13.7. The molecule has 0 radical (unpaired) electrons. The highest BCUT2D eigenvalue weighted by atomic mass is 15.0. The lowest BCUT2D eigenvalue weighted by Crippen LogP contribution is -2.26. The minimum Gasteiger partial charge on any atom is -0.0965 e. The molecule has 1 aliphatic rings. The second-order valence-corrected chi connectivity index (χ2v) is 10.1. The van der Waals surface area contributed by atoms with Crippen LogP contribution in [0.5, 0.6) is 0 Å². The lowest BCUT2D eigenvalue weighted by molar-refractivity contribution is 0.240. The Morgan fingerprint density at radius 2 is 1.19 bits per heavy atom. The van der Waals surface area contributed by atoms with Crippen LogP contribution in [-0.4, -0.2) is 12.4 Å². The third kappa shape index (κ3) is 10.8. The normalized spacial score (nSPS) is 15.1. The predicted octanol–water partition coefficient (Wildman–Crippen LogP) is 9.24. The van der Waals surface area contributed by atoms with Crippen molar-refractivity contribution >= 4 is 12.4 Å². The average molecular weight is 438 g/mol. The summed E-state index contributed by atoms with van der Waals surface area (Å²) in [5.41, 5.74) is 1.44. The van der Waals surface area contributed by atoms with Gasteiger partial charge >= 0.3 is 0 Å². The molecular weight excluding hydrogens is 388 g/mol. The van der Waals surface area contributed by atoms with Gasteiger partial charge in [0.25, 0.3) is 0 Å². The summed E-state index contributed by atoms with van der Waals surface area (Å²) in [7, 11) is 0. The van der Waals surface area contributed by atoms with E-state index in [0.717, 1.165) is 12.6 Å². The number of hydrogen-bond donors (Lipinski definition) is 0. The molecule has 0 saturated heterocycles. The van der Waals surface area contributed by atoms with E-state index in [9.17, 15) is 0 Å². The van der Waals surface area contributed by atoms with Crippen molar-refractivity contribution in [3.8, 4) is 0 Å². The summed E-state index contributed by atoms with van der Waals surface area (Å²) in [6.07, 6.45) is 25.4. The Kier molecular flexibility index (Phi) is 14.2. The first-order chi connectivity index (χ1) is 15.7. The zero-order valence-corrected chi connectivity index (χ0v) is 21.3. The van der Waals surface area contributed by atoms with Gasteiger partial charge in [0.05, 0.1) is 5.92 Å². The Hall–Kier alpha value is -1.57. The fourth-order valence-corrected chi connectivity index (χ4v) is 5.09. The summed E-state index contributed by atoms with van der Waals surface area (Å²) in [5.74, 6) is 1.69. The molecule has 0 spiro atoms. The fraction of sp³-hybridized carbons (Fsp3) is 0.700. The van der Waals surface area contributed by atoms with Crippen molar-refractivity contribution in [2.75, 3.05) is 0 Å². The molecule has 0 saturated carbocycles. The fourth-order valence-electron chi connectivity index (χ4n) is 5.09. The van der Waals surface area contributed by atoms with Crippen LogP contribution < -0.4 is 0 Å². The third-order valence-corrected chi connectivity index (χ3v) is 7.12. The number of aliphatic imine (C=N–C) groups is 2. The van der Waals surface area contributed by atoms with Gasteiger partial charge in [-0.3, -0.25) is 0 Å². The minimum absolute atomic E-state index is 0.470. The molecule has 1 aliphatic heterocycles. The molecule has 0 fully saturated rings. The van der Waals surface area contributed by atoms with Gasteiger partial charge in [-0.2, -0.15) is 0 Å². The SMILES string of the molecule is CCCCCCCCCCCCCCCC([C+]1N=CC=N1)C(Cc1ccccc1)C(C)C. The number of nitrogens with zero attached hydrogens (tertiary/aromatic N) is 2. The summed E-state index contributed by atoms with van der Waals surface area (Å²) in [6.45, 7) is 7.03. The van der Waals surface area contributed by atoms with Gasteiger partial charge in [0.1, 0.15) is 0 Å². The van der Waals surface area contributed by atoms with Crippen LogP contribution in [0.25, 0.3) is 0 Å². The van der Waals surface area contributed by atoms with E-state index in [1.54, 1.807) is 0 Å². The van der Waals surface area contributed by atoms with Gasteiger partial charge in [-0.15, -0.1) is 0 Å². The Morgan fingerprint density at radius 1 is 0.688 bits per heavy atom. The third-order valence-electron chi connectivity index (χ3n) is 7.12. The molecular formula is C30H49N2+. The first kappa shape index (κ1) is 26.7. The Balaban J connectivity index is 1.66. The largest absolute Gasteiger partial charge is 0.244 e. The molecule has 0 aromatic heterocycles. The highest BCUT2D eigenvalue weighted by Crippen LogP contribution is 2.37. The maximum absolute atomic E-state index is 4.63. The molecule has 1 aromatic carbocycles. The molecule has 2 atom stereocenters. The summed E-state index contributed by atoms with van der Waals surface area (Å²) < 4.78 is 0. The van der Waals surface area contributed by atoms with Crippen molar-refractivity contribution in [1.82, 2.24) is 0 Å². The highest BCUT2D eigenvalue weighted by molar-refractivity contribution is 6.18. The second kappa shape index (κ2) is 17.0. The standard InChI is InChI=1S/C30H49N2/c1-4-5-6-7-8-9-10-11-12-13-14-15-19-22-28(30-31-23-24-32-30)29(26(2)3)25-27-20-17-16-18-21-27/h16-18,20-21,23-24,26,28-29H,4-15,19,22,25H2,1-3H3/q+1. The van der Waals surface area contributed by atoms with E-state index in [-0.39, 0.29) is 0 Å². The Morgan fingerprint density at radius 3 is 1.69 bits per heavy atom. The van der Waals surface area contributed by atoms with Crippen molar-refractivity contribution in [3.05, 3.63) is 42.1 Å². The quantitative estimate of drug-likeness (QED) is 0.152. The zero-order chi connectivity index (χ0) is 22.9. The first-order valence-electron chi connectivity index (χ1n) is 13.7. The van der Waals surface area contributed by atoms with Gasteiger partial charge in [-0.25, -0.2) is 0 Å². The lowest BCUT2D eigenvalue weighted by atomic mass is 9.75. The molecule has 1 heterocycles. The van der Waals surface area contributed by atoms with Crippen LogP contribution in [0.3, 0.4) is 0 Å². The average Bonchev–Trinajstić information content (AvgIpc) is 3.33. The number of hydrogen-bond acceptors (Lipinski definition) is 2. The van der Waals surface area contributed by atoms with Crippen molar-refractivity contribution in [2.24, 2.45) is 27.7 Å². The smallest absolute Gasteiger partial charge is 0.0965 e. The molecule has 2 heteroatoms. The molecule has 0 N–H and O–H groups in total. The van der Waals surface area contributed by atoms with E-state index in [2.05, 4.69) is 61.1 Å². The topological polar surface area (TPSA) is 24.7 Å². The van der Waals surface area contributed by atoms with Gasteiger partial charge in [0.15, 0.2) is 12.4 Å². The van der Waals surface area contributed by atoms with Crippen molar-refractivity contribution in [3.63, 3.8) is 0 Å². The van der Waals surface area contributed by atoms with Crippen LogP contribution in [0.15, 0.2) is 40.3 Å². The number of rotatable bonds is 19. The van der Waals surface area contributed by atoms with E-state index in [1.165, 1.54) is 95.5 Å². The maximum atomic E-state index is 4.63. The van der Waals surface area contributed by atoms with Gasteiger partial charge in [-0.1, -0.05) is 145 Å². The predicted molar refractivity (Wildman–Crippen MR) is 143 cm³/mol. The van der Waals surface area contributed by atoms with Crippen molar-refractivity contribution in [1.29, 1.82) is 0 Å². The Labute approximate surface area is 199 Å². The molecule has 32 heavy (non-hydrogen) atoms. The molecule has 0 amide bonds. The molecule has 0 aliphatic carbocycles. The zero-order valence-electron chi connectivity index (χ0n) is 21.3. The van der Waals surface area contributed by atoms with Crippen LogP contribution >= 0.6 is 0 Å². The van der Waals surface area contributed by atoms with Crippen molar-refractivity contribution < 1.29 is 0 Å². The number of benzene rings is 1. The van der Waals surface area contributed by atoms with Gasteiger partial charge in [0.2, 0.25) is 6.17 Å². The summed E-state index contributed by atoms with van der Waals surface area (Å²) >= 11 is 0. The molecule has 2 rings (SSSR count). The monoisotopic (exact) mass is 437 g/mol. The van der Waals surface area contributed by atoms with Crippen molar-refractivity contribution in [2.45, 2.75) is 117 Å². The van der Waals surface area contributed by atoms with Gasteiger partial charge < -0.3 is 0 Å². The Bertz CT molecular complexity index is 607. The second-order valence-electron chi connectivity index (χ2n) is 10.1. The van der Waals surface area contributed by atoms with Crippen LogP contribution in [0.2, 0.25) is 0 Å². The summed E-state index contributed by atoms with van der Waals surface area (Å²) in [5, 5.41) is 0. The molecule has 178 valence electrons. The van der Waals surface area contributed by atoms with E-state index in [4.69, 9.17) is 0 Å². The molecule has 2 unspecified atom stereocenters. The molecule has 2 nitrogen and oxygen atoms in total. The molecule has 0 bridgehead atoms. The highest BCUT2D eigenvalue weighted by Gasteiger charge is 2.36. The molecule has 1 aromatic rings. The van der Waals surface area contributed by atoms with E-state index >= 15 is 0 Å². The maximum Gasteiger partial charge on any atom is 0.244 e. The summed E-state index contributed by atoms with van der Waals surface area (Å²) in [6, 6.07) is 11.0. The van der Waals surface area contributed by atoms with E-state index in [1.807, 2.05) is 12.4 Å². The van der Waals surface area contributed by atoms with Crippen LogP contribution in [0, 0.1) is 23.9 Å². The van der Waals surface area contributed by atoms with E-state index in [0.29, 0.717) is 17.8 Å². The summed E-state index contributed by atoms with van der Waals surface area (Å²) in [4.78, 5) is 9.26. The number of unbranched alkanes of at least 4 members (excludes halogenated alkanes) is 12. The van der Waals surface area contributed by atoms with Gasteiger partial charge in [0, 0.05) is 0 Å². The van der Waals surface area contributed by atoms with E-state index < -0.39 is 0 Å². The van der Waals surface area contributed by atoms with Crippen LogP contribution in [0.4, 0.5) is 0 Å². The minimum atomic E-state index is 0.470. The van der Waals surface area contributed by atoms with Gasteiger partial charge in [-0.05, 0) is 30.2 Å². The van der Waals surface area contributed by atoms with Crippen LogP contribution in [-0.2, 0) is 6.42 Å². The lowest BCUT2D eigenvalue weighted by Gasteiger charge is -2.29. The van der Waals surface area contributed by atoms with Crippen LogP contribution in [0.1, 0.15) is 116 Å².